The van der Waals surface area contributed by atoms with Crippen LogP contribution in [0, 0.1) is 22.0 Å². The molecule has 1 rings (SSSR count). The summed E-state index contributed by atoms with van der Waals surface area (Å²) < 4.78 is 39.0. The number of halogens is 3. The van der Waals surface area contributed by atoms with Crippen molar-refractivity contribution < 1.29 is 28.0 Å². The maximum Gasteiger partial charge on any atom is 0.417 e. The zero-order valence-electron chi connectivity index (χ0n) is 14.1. The van der Waals surface area contributed by atoms with E-state index in [4.69, 9.17) is 5.11 Å². The number of hydrogen-bond donors (Lipinski definition) is 1. The van der Waals surface area contributed by atoms with Gasteiger partial charge in [0.2, 0.25) is 0 Å². The topological polar surface area (TPSA) is 80.4 Å². The summed E-state index contributed by atoms with van der Waals surface area (Å²) in [5.74, 6) is 4.33. The molecule has 0 heterocycles. The zero-order valence-corrected chi connectivity index (χ0v) is 14.1. The van der Waals surface area contributed by atoms with Crippen LogP contribution in [0.25, 0.3) is 0 Å². The molecule has 0 amide bonds. The van der Waals surface area contributed by atoms with E-state index in [1.807, 2.05) is 0 Å². The van der Waals surface area contributed by atoms with E-state index in [0.717, 1.165) is 44.2 Å². The molecular weight excluding hydrogens is 351 g/mol. The fourth-order valence-electron chi connectivity index (χ4n) is 2.34. The van der Waals surface area contributed by atoms with Crippen molar-refractivity contribution in [1.82, 2.24) is 0 Å². The highest BCUT2D eigenvalue weighted by Crippen LogP contribution is 2.34. The van der Waals surface area contributed by atoms with Gasteiger partial charge in [-0.3, -0.25) is 14.9 Å². The second kappa shape index (κ2) is 10.4. The number of rotatable bonds is 9. The smallest absolute Gasteiger partial charge is 0.417 e. The zero-order chi connectivity index (χ0) is 19.6. The minimum absolute atomic E-state index is 0.169. The molecule has 0 aliphatic carbocycles. The van der Waals surface area contributed by atoms with E-state index in [0.29, 0.717) is 18.9 Å². The summed E-state index contributed by atoms with van der Waals surface area (Å²) >= 11 is 0. The maximum atomic E-state index is 13.0. The Kier molecular flexibility index (Phi) is 8.62. The highest BCUT2D eigenvalue weighted by molar-refractivity contribution is 5.66. The lowest BCUT2D eigenvalue weighted by molar-refractivity contribution is -0.385. The van der Waals surface area contributed by atoms with Crippen LogP contribution in [-0.4, -0.2) is 16.0 Å². The van der Waals surface area contributed by atoms with Gasteiger partial charge in [-0.25, -0.2) is 0 Å². The van der Waals surface area contributed by atoms with Crippen LogP contribution in [0.1, 0.15) is 62.5 Å². The average molecular weight is 371 g/mol. The summed E-state index contributed by atoms with van der Waals surface area (Å²) in [5.41, 5.74) is -1.99. The summed E-state index contributed by atoms with van der Waals surface area (Å²) in [5, 5.41) is 19.1. The van der Waals surface area contributed by atoms with Gasteiger partial charge in [-0.05, 0) is 18.9 Å². The molecule has 0 aliphatic rings. The third-order valence-electron chi connectivity index (χ3n) is 3.68. The highest BCUT2D eigenvalue weighted by Gasteiger charge is 2.34. The monoisotopic (exact) mass is 371 g/mol. The van der Waals surface area contributed by atoms with Crippen molar-refractivity contribution in [2.45, 2.75) is 57.5 Å². The quantitative estimate of drug-likeness (QED) is 0.281. The molecule has 0 aliphatic heterocycles. The van der Waals surface area contributed by atoms with E-state index in [-0.39, 0.29) is 12.0 Å². The molecule has 1 aromatic rings. The Morgan fingerprint density at radius 3 is 2.31 bits per heavy atom. The number of carboxylic acids is 1. The molecule has 1 aromatic carbocycles. The first-order chi connectivity index (χ1) is 12.2. The van der Waals surface area contributed by atoms with Crippen molar-refractivity contribution in [3.8, 4) is 11.8 Å². The number of alkyl halides is 3. The van der Waals surface area contributed by atoms with Gasteiger partial charge < -0.3 is 5.11 Å². The van der Waals surface area contributed by atoms with Gasteiger partial charge in [0.15, 0.2) is 0 Å². The Bertz CT molecular complexity index is 690. The molecule has 0 saturated heterocycles. The van der Waals surface area contributed by atoms with Crippen LogP contribution in [0.5, 0.6) is 0 Å². The van der Waals surface area contributed by atoms with Gasteiger partial charge in [0.05, 0.1) is 10.5 Å². The minimum Gasteiger partial charge on any atom is -0.481 e. The molecule has 142 valence electrons. The van der Waals surface area contributed by atoms with Gasteiger partial charge >= 0.3 is 12.1 Å². The molecule has 0 unspecified atom stereocenters. The molecular formula is C18H20F3NO4. The van der Waals surface area contributed by atoms with Gasteiger partial charge in [0.1, 0.15) is 0 Å². The second-order valence-electron chi connectivity index (χ2n) is 5.80. The van der Waals surface area contributed by atoms with Crippen molar-refractivity contribution in [1.29, 1.82) is 0 Å². The molecule has 26 heavy (non-hydrogen) atoms. The molecule has 0 radical (unpaired) electrons. The molecule has 8 heteroatoms. The molecule has 1 N–H and O–H groups in total. The standard InChI is InChI=1S/C18H20F3NO4/c19-18(20,21)16-13-15(22(25)26)12-11-14(16)9-7-5-3-1-2-4-6-8-10-17(23)24/h11-13H,1-6,8,10H2,(H,23,24). The van der Waals surface area contributed by atoms with E-state index in [1.54, 1.807) is 0 Å². The SMILES string of the molecule is O=C(O)CCCCCCCCC#Cc1ccc([N+](=O)[O-])cc1C(F)(F)F. The number of unbranched alkanes of at least 4 members (excludes halogenated alkanes) is 6. The first-order valence-corrected chi connectivity index (χ1v) is 8.28. The number of carboxylic acid groups (broad SMARTS) is 1. The van der Waals surface area contributed by atoms with Gasteiger partial charge in [-0.15, -0.1) is 0 Å². The molecule has 0 spiro atoms. The molecule has 0 saturated carbocycles. The fraction of sp³-hybridized carbons (Fsp3) is 0.500. The van der Waals surface area contributed by atoms with E-state index in [2.05, 4.69) is 11.8 Å². The number of nitro groups is 1. The van der Waals surface area contributed by atoms with E-state index in [9.17, 15) is 28.1 Å². The summed E-state index contributed by atoms with van der Waals surface area (Å²) in [6.07, 6.45) is 0.838. The summed E-state index contributed by atoms with van der Waals surface area (Å²) in [4.78, 5) is 20.1. The number of non-ortho nitro benzene ring substituents is 1. The number of benzene rings is 1. The second-order valence-corrected chi connectivity index (χ2v) is 5.80. The van der Waals surface area contributed by atoms with Crippen molar-refractivity contribution in [3.05, 3.63) is 39.4 Å². The van der Waals surface area contributed by atoms with Crippen LogP contribution in [0.15, 0.2) is 18.2 Å². The summed E-state index contributed by atoms with van der Waals surface area (Å²) in [6.45, 7) is 0. The van der Waals surface area contributed by atoms with E-state index < -0.39 is 28.3 Å². The van der Waals surface area contributed by atoms with E-state index >= 15 is 0 Å². The number of aliphatic carboxylic acids is 1. The predicted octanol–water partition coefficient (Wildman–Crippen LogP) is 5.17. The lowest BCUT2D eigenvalue weighted by atomic mass is 10.1. The lowest BCUT2D eigenvalue weighted by Crippen LogP contribution is -2.08. The number of nitrogens with zero attached hydrogens (tertiary/aromatic N) is 1. The molecule has 0 aromatic heterocycles. The highest BCUT2D eigenvalue weighted by atomic mass is 19.4. The van der Waals surface area contributed by atoms with Crippen LogP contribution in [0.3, 0.4) is 0 Å². The van der Waals surface area contributed by atoms with Crippen molar-refractivity contribution in [2.75, 3.05) is 0 Å². The van der Waals surface area contributed by atoms with Crippen LogP contribution >= 0.6 is 0 Å². The minimum atomic E-state index is -4.70. The largest absolute Gasteiger partial charge is 0.481 e. The van der Waals surface area contributed by atoms with Crippen LogP contribution in [0.4, 0.5) is 18.9 Å². The Labute approximate surface area is 149 Å². The number of hydrogen-bond acceptors (Lipinski definition) is 3. The van der Waals surface area contributed by atoms with Crippen LogP contribution in [-0.2, 0) is 11.0 Å². The molecule has 0 fully saturated rings. The van der Waals surface area contributed by atoms with E-state index in [1.165, 1.54) is 0 Å². The van der Waals surface area contributed by atoms with Gasteiger partial charge in [0.25, 0.3) is 5.69 Å². The first kappa shape index (κ1) is 21.5. The maximum absolute atomic E-state index is 13.0. The van der Waals surface area contributed by atoms with Gasteiger partial charge in [-0.2, -0.15) is 13.2 Å². The summed E-state index contributed by atoms with van der Waals surface area (Å²) in [6, 6.07) is 2.54. The Morgan fingerprint density at radius 1 is 1.12 bits per heavy atom. The third-order valence-corrected chi connectivity index (χ3v) is 3.68. The van der Waals surface area contributed by atoms with Crippen molar-refractivity contribution in [2.24, 2.45) is 0 Å². The van der Waals surface area contributed by atoms with Crippen molar-refractivity contribution >= 4 is 11.7 Å². The van der Waals surface area contributed by atoms with Gasteiger partial charge in [-0.1, -0.05) is 37.5 Å². The average Bonchev–Trinajstić information content (AvgIpc) is 2.55. The third kappa shape index (κ3) is 8.01. The molecule has 0 atom stereocenters. The van der Waals surface area contributed by atoms with Gasteiger partial charge in [0, 0.05) is 30.5 Å². The normalized spacial score (nSPS) is 10.9. The Balaban J connectivity index is 2.48. The molecule has 0 bridgehead atoms. The van der Waals surface area contributed by atoms with Crippen LogP contribution < -0.4 is 0 Å². The lowest BCUT2D eigenvalue weighted by Gasteiger charge is -2.08. The Hall–Kier alpha value is -2.56. The summed E-state index contributed by atoms with van der Waals surface area (Å²) in [7, 11) is 0. The first-order valence-electron chi connectivity index (χ1n) is 8.28. The Morgan fingerprint density at radius 2 is 1.73 bits per heavy atom. The van der Waals surface area contributed by atoms with Crippen LogP contribution in [0.2, 0.25) is 0 Å². The number of carbonyl (C=O) groups is 1. The fourth-order valence-corrected chi connectivity index (χ4v) is 2.34. The molecule has 5 nitrogen and oxygen atoms in total. The number of nitro benzene ring substituents is 1. The predicted molar refractivity (Wildman–Crippen MR) is 89.5 cm³/mol. The van der Waals surface area contributed by atoms with Crippen molar-refractivity contribution in [3.63, 3.8) is 0 Å².